The molecule has 0 aliphatic heterocycles. The van der Waals surface area contributed by atoms with Gasteiger partial charge in [0.2, 0.25) is 11.8 Å². The number of rotatable bonds is 8. The van der Waals surface area contributed by atoms with Gasteiger partial charge in [0.1, 0.15) is 5.75 Å². The van der Waals surface area contributed by atoms with E-state index in [1.54, 1.807) is 31.2 Å². The van der Waals surface area contributed by atoms with Crippen LogP contribution < -0.4 is 15.4 Å². The quantitative estimate of drug-likeness (QED) is 0.702. The number of ether oxygens (including phenoxy) is 1. The molecule has 0 saturated heterocycles. The van der Waals surface area contributed by atoms with E-state index in [0.29, 0.717) is 11.4 Å². The van der Waals surface area contributed by atoms with Crippen molar-refractivity contribution in [3.8, 4) is 5.75 Å². The molecule has 1 aliphatic carbocycles. The molecule has 160 valence electrons. The third-order valence-electron chi connectivity index (χ3n) is 5.43. The van der Waals surface area contributed by atoms with Gasteiger partial charge >= 0.3 is 0 Å². The molecule has 1 aliphatic rings. The summed E-state index contributed by atoms with van der Waals surface area (Å²) in [6.45, 7) is 2.27. The van der Waals surface area contributed by atoms with Crippen LogP contribution in [0.25, 0.3) is 0 Å². The zero-order valence-electron chi connectivity index (χ0n) is 18.0. The third kappa shape index (κ3) is 6.07. The lowest BCUT2D eigenvalue weighted by atomic mass is 9.89. The van der Waals surface area contributed by atoms with Crippen molar-refractivity contribution in [2.45, 2.75) is 38.6 Å². The van der Waals surface area contributed by atoms with Gasteiger partial charge in [0.05, 0.1) is 26.2 Å². The minimum Gasteiger partial charge on any atom is -0.497 e. The molecule has 0 saturated carbocycles. The first-order chi connectivity index (χ1) is 14.4. The van der Waals surface area contributed by atoms with Gasteiger partial charge in [0.25, 0.3) is 0 Å². The predicted octanol–water partition coefficient (Wildman–Crippen LogP) is 3.32. The summed E-state index contributed by atoms with van der Waals surface area (Å²) in [5.74, 6) is 0.398. The lowest BCUT2D eigenvalue weighted by molar-refractivity contribution is -0.123. The van der Waals surface area contributed by atoms with E-state index in [4.69, 9.17) is 4.74 Å². The molecule has 0 aromatic heterocycles. The lowest BCUT2D eigenvalue weighted by Crippen LogP contribution is -2.39. The van der Waals surface area contributed by atoms with E-state index in [2.05, 4.69) is 28.8 Å². The van der Waals surface area contributed by atoms with Crippen molar-refractivity contribution in [3.63, 3.8) is 0 Å². The van der Waals surface area contributed by atoms with Crippen LogP contribution in [0.3, 0.4) is 0 Å². The van der Waals surface area contributed by atoms with Gasteiger partial charge in [-0.1, -0.05) is 24.3 Å². The Morgan fingerprint density at radius 1 is 1.03 bits per heavy atom. The Hall–Kier alpha value is -2.86. The van der Waals surface area contributed by atoms with Crippen molar-refractivity contribution in [2.24, 2.45) is 0 Å². The first-order valence-electron chi connectivity index (χ1n) is 10.5. The molecule has 0 heterocycles. The molecule has 0 bridgehead atoms. The Labute approximate surface area is 178 Å². The normalized spacial score (nSPS) is 14.0. The van der Waals surface area contributed by atoms with Crippen LogP contribution in [0.15, 0.2) is 42.5 Å². The number of hydrogen-bond donors (Lipinski definition) is 2. The van der Waals surface area contributed by atoms with Crippen molar-refractivity contribution in [1.29, 1.82) is 0 Å². The van der Waals surface area contributed by atoms with Crippen LogP contribution >= 0.6 is 0 Å². The SMILES string of the molecule is COc1cccc(NC(=O)CN(C)CC(=O)NC(C)c2ccc3c(c2)CCCC3)c1. The standard InChI is InChI=1S/C24H31N3O3/c1-17(19-12-11-18-7-4-5-8-20(18)13-19)25-23(28)15-27(2)16-24(29)26-21-9-6-10-22(14-21)30-3/h6,9-14,17H,4-5,7-8,15-16H2,1-3H3,(H,25,28)(H,26,29). The molecular weight excluding hydrogens is 378 g/mol. The van der Waals surface area contributed by atoms with Crippen molar-refractivity contribution >= 4 is 17.5 Å². The number of methoxy groups -OCH3 is 1. The molecule has 6 nitrogen and oxygen atoms in total. The van der Waals surface area contributed by atoms with Crippen LogP contribution in [0, 0.1) is 0 Å². The number of fused-ring (bicyclic) bond motifs is 1. The smallest absolute Gasteiger partial charge is 0.238 e. The van der Waals surface area contributed by atoms with E-state index < -0.39 is 0 Å². The summed E-state index contributed by atoms with van der Waals surface area (Å²) in [5, 5.41) is 5.87. The van der Waals surface area contributed by atoms with Crippen molar-refractivity contribution in [3.05, 3.63) is 59.2 Å². The highest BCUT2D eigenvalue weighted by molar-refractivity contribution is 5.92. The molecule has 1 unspecified atom stereocenters. The summed E-state index contributed by atoms with van der Waals surface area (Å²) >= 11 is 0. The summed E-state index contributed by atoms with van der Waals surface area (Å²) in [7, 11) is 3.34. The van der Waals surface area contributed by atoms with Gasteiger partial charge in [-0.25, -0.2) is 0 Å². The van der Waals surface area contributed by atoms with Gasteiger partial charge in [0, 0.05) is 11.8 Å². The van der Waals surface area contributed by atoms with Crippen LogP contribution in [0.4, 0.5) is 5.69 Å². The van der Waals surface area contributed by atoms with E-state index >= 15 is 0 Å². The highest BCUT2D eigenvalue weighted by Crippen LogP contribution is 2.24. The molecule has 2 aromatic carbocycles. The van der Waals surface area contributed by atoms with Crippen LogP contribution in [0.2, 0.25) is 0 Å². The molecule has 30 heavy (non-hydrogen) atoms. The zero-order chi connectivity index (χ0) is 21.5. The number of anilines is 1. The second-order valence-electron chi connectivity index (χ2n) is 7.98. The van der Waals surface area contributed by atoms with Gasteiger partial charge in [-0.2, -0.15) is 0 Å². The molecule has 0 fully saturated rings. The molecule has 2 amide bonds. The second-order valence-corrected chi connectivity index (χ2v) is 7.98. The number of carbonyl (C=O) groups is 2. The Morgan fingerprint density at radius 3 is 2.53 bits per heavy atom. The van der Waals surface area contributed by atoms with Crippen LogP contribution in [0.1, 0.15) is 42.5 Å². The third-order valence-corrected chi connectivity index (χ3v) is 5.43. The average molecular weight is 410 g/mol. The molecule has 6 heteroatoms. The minimum atomic E-state index is -0.179. The van der Waals surface area contributed by atoms with E-state index in [1.807, 2.05) is 19.1 Å². The summed E-state index contributed by atoms with van der Waals surface area (Å²) in [6, 6.07) is 13.7. The van der Waals surface area contributed by atoms with Crippen molar-refractivity contribution < 1.29 is 14.3 Å². The Bertz CT molecular complexity index is 897. The topological polar surface area (TPSA) is 70.7 Å². The first-order valence-corrected chi connectivity index (χ1v) is 10.5. The van der Waals surface area contributed by atoms with Gasteiger partial charge in [-0.05, 0) is 68.5 Å². The maximum Gasteiger partial charge on any atom is 0.238 e. The van der Waals surface area contributed by atoms with Gasteiger partial charge in [-0.15, -0.1) is 0 Å². The highest BCUT2D eigenvalue weighted by atomic mass is 16.5. The molecular formula is C24H31N3O3. The van der Waals surface area contributed by atoms with E-state index in [0.717, 1.165) is 18.4 Å². The van der Waals surface area contributed by atoms with Gasteiger partial charge < -0.3 is 15.4 Å². The molecule has 0 radical (unpaired) electrons. The van der Waals surface area contributed by atoms with E-state index in [9.17, 15) is 9.59 Å². The number of hydrogen-bond acceptors (Lipinski definition) is 4. The zero-order valence-corrected chi connectivity index (χ0v) is 18.0. The maximum absolute atomic E-state index is 12.4. The predicted molar refractivity (Wildman–Crippen MR) is 119 cm³/mol. The number of nitrogens with zero attached hydrogens (tertiary/aromatic N) is 1. The highest BCUT2D eigenvalue weighted by Gasteiger charge is 2.16. The number of amides is 2. The van der Waals surface area contributed by atoms with Crippen LogP contribution in [-0.4, -0.2) is 44.0 Å². The van der Waals surface area contributed by atoms with Gasteiger partial charge in [-0.3, -0.25) is 14.5 Å². The summed E-state index contributed by atoms with van der Waals surface area (Å²) < 4.78 is 5.16. The summed E-state index contributed by atoms with van der Waals surface area (Å²) in [5.41, 5.74) is 4.64. The minimum absolute atomic E-state index is 0.0660. The number of nitrogens with one attached hydrogen (secondary N) is 2. The molecule has 2 N–H and O–H groups in total. The fourth-order valence-corrected chi connectivity index (χ4v) is 3.84. The van der Waals surface area contributed by atoms with Crippen LogP contribution in [-0.2, 0) is 22.4 Å². The Balaban J connectivity index is 1.47. The van der Waals surface area contributed by atoms with E-state index in [1.165, 1.54) is 24.0 Å². The molecule has 3 rings (SSSR count). The number of aryl methyl sites for hydroxylation is 2. The monoisotopic (exact) mass is 409 g/mol. The van der Waals surface area contributed by atoms with Crippen molar-refractivity contribution in [2.75, 3.05) is 32.6 Å². The Kier molecular flexibility index (Phi) is 7.46. The molecule has 1 atom stereocenters. The second kappa shape index (κ2) is 10.3. The van der Waals surface area contributed by atoms with Crippen molar-refractivity contribution in [1.82, 2.24) is 10.2 Å². The molecule has 0 spiro atoms. The summed E-state index contributed by atoms with van der Waals surface area (Å²) in [4.78, 5) is 26.4. The lowest BCUT2D eigenvalue weighted by Gasteiger charge is -2.21. The largest absolute Gasteiger partial charge is 0.497 e. The van der Waals surface area contributed by atoms with Gasteiger partial charge in [0.15, 0.2) is 0 Å². The van der Waals surface area contributed by atoms with E-state index in [-0.39, 0.29) is 30.9 Å². The number of benzene rings is 2. The fourth-order valence-electron chi connectivity index (χ4n) is 3.84. The molecule has 2 aromatic rings. The summed E-state index contributed by atoms with van der Waals surface area (Å²) in [6.07, 6.45) is 4.77. The fraction of sp³-hybridized carbons (Fsp3) is 0.417. The number of likely N-dealkylation sites (N-methyl/N-ethyl adjacent to an activating group) is 1. The van der Waals surface area contributed by atoms with Crippen LogP contribution in [0.5, 0.6) is 5.75 Å². The maximum atomic E-state index is 12.4. The number of carbonyl (C=O) groups excluding carboxylic acids is 2. The Morgan fingerprint density at radius 2 is 1.77 bits per heavy atom. The average Bonchev–Trinajstić information content (AvgIpc) is 2.73. The first kappa shape index (κ1) is 21.8.